The van der Waals surface area contributed by atoms with E-state index in [-0.39, 0.29) is 0 Å². The highest BCUT2D eigenvalue weighted by atomic mass is 16.5. The summed E-state index contributed by atoms with van der Waals surface area (Å²) in [5.74, 6) is 0.819. The highest BCUT2D eigenvalue weighted by Gasteiger charge is 2.66. The fourth-order valence-corrected chi connectivity index (χ4v) is 6.18. The standard InChI is InChI=1S/C20H35N3O2/c1-5-20(6-1)18(17-4-13-25-19(17)20)21-16-2-7-22(8-3-16)9-10-23-11-14-24-15-12-23/h16-19,21H,1-15H2/t17-,18-,19+/m1/s1. The Labute approximate surface area is 152 Å². The molecule has 3 aliphatic heterocycles. The summed E-state index contributed by atoms with van der Waals surface area (Å²) in [6.45, 7) is 10.1. The Morgan fingerprint density at radius 3 is 2.28 bits per heavy atom. The maximum atomic E-state index is 6.07. The van der Waals surface area contributed by atoms with E-state index in [0.717, 1.165) is 50.9 Å². The first-order chi connectivity index (χ1) is 12.4. The van der Waals surface area contributed by atoms with Crippen molar-refractivity contribution in [2.75, 3.05) is 59.1 Å². The second-order valence-electron chi connectivity index (χ2n) is 9.04. The first-order valence-corrected chi connectivity index (χ1v) is 10.8. The Balaban J connectivity index is 1.07. The number of piperidine rings is 1. The molecule has 0 aromatic carbocycles. The minimum Gasteiger partial charge on any atom is -0.379 e. The third kappa shape index (κ3) is 3.06. The van der Waals surface area contributed by atoms with Gasteiger partial charge in [0.05, 0.1) is 19.3 Å². The molecule has 5 rings (SSSR count). The average Bonchev–Trinajstić information content (AvgIpc) is 3.04. The van der Waals surface area contributed by atoms with Crippen molar-refractivity contribution >= 4 is 0 Å². The molecule has 3 saturated heterocycles. The number of rotatable bonds is 5. The van der Waals surface area contributed by atoms with Crippen LogP contribution >= 0.6 is 0 Å². The van der Waals surface area contributed by atoms with Gasteiger partial charge in [-0.15, -0.1) is 0 Å². The predicted octanol–water partition coefficient (Wildman–Crippen LogP) is 1.33. The molecule has 0 unspecified atom stereocenters. The first-order valence-electron chi connectivity index (χ1n) is 10.8. The van der Waals surface area contributed by atoms with Crippen LogP contribution in [0, 0.1) is 11.3 Å². The summed E-state index contributed by atoms with van der Waals surface area (Å²) in [6.07, 6.45) is 8.79. The summed E-state index contributed by atoms with van der Waals surface area (Å²) in [7, 11) is 0. The summed E-state index contributed by atoms with van der Waals surface area (Å²) in [5, 5.41) is 4.11. The molecule has 5 fully saturated rings. The van der Waals surface area contributed by atoms with Crippen LogP contribution in [0.5, 0.6) is 0 Å². The highest BCUT2D eigenvalue weighted by molar-refractivity contribution is 5.18. The number of morpholine rings is 1. The molecule has 0 amide bonds. The molecule has 1 N–H and O–H groups in total. The molecular formula is C20H35N3O2. The van der Waals surface area contributed by atoms with E-state index in [2.05, 4.69) is 15.1 Å². The van der Waals surface area contributed by atoms with Gasteiger partial charge >= 0.3 is 0 Å². The van der Waals surface area contributed by atoms with Gasteiger partial charge in [0.2, 0.25) is 0 Å². The number of likely N-dealkylation sites (tertiary alicyclic amines) is 1. The van der Waals surface area contributed by atoms with Crippen LogP contribution in [0.3, 0.4) is 0 Å². The number of hydrogen-bond acceptors (Lipinski definition) is 5. The molecule has 0 bridgehead atoms. The Morgan fingerprint density at radius 2 is 1.60 bits per heavy atom. The topological polar surface area (TPSA) is 37.0 Å². The third-order valence-electron chi connectivity index (χ3n) is 7.88. The van der Waals surface area contributed by atoms with Crippen LogP contribution in [-0.2, 0) is 9.47 Å². The Morgan fingerprint density at radius 1 is 0.880 bits per heavy atom. The van der Waals surface area contributed by atoms with Crippen LogP contribution in [0.1, 0.15) is 38.5 Å². The van der Waals surface area contributed by atoms with E-state index in [4.69, 9.17) is 9.47 Å². The van der Waals surface area contributed by atoms with Gasteiger partial charge in [0.1, 0.15) is 0 Å². The van der Waals surface area contributed by atoms with E-state index in [0.29, 0.717) is 11.5 Å². The van der Waals surface area contributed by atoms with Crippen molar-refractivity contribution < 1.29 is 9.47 Å². The maximum Gasteiger partial charge on any atom is 0.0690 e. The zero-order valence-corrected chi connectivity index (χ0v) is 15.6. The minimum absolute atomic E-state index is 0.536. The van der Waals surface area contributed by atoms with Crippen molar-refractivity contribution in [2.45, 2.75) is 56.7 Å². The molecule has 0 radical (unpaired) electrons. The van der Waals surface area contributed by atoms with Crippen LogP contribution in [0.25, 0.3) is 0 Å². The van der Waals surface area contributed by atoms with Gasteiger partial charge in [0.25, 0.3) is 0 Å². The number of hydrogen-bond donors (Lipinski definition) is 1. The van der Waals surface area contributed by atoms with Crippen LogP contribution in [0.4, 0.5) is 0 Å². The smallest absolute Gasteiger partial charge is 0.0690 e. The quantitative estimate of drug-likeness (QED) is 0.810. The fraction of sp³-hybridized carbons (Fsp3) is 1.00. The van der Waals surface area contributed by atoms with Crippen molar-refractivity contribution in [2.24, 2.45) is 11.3 Å². The molecule has 5 nitrogen and oxygen atoms in total. The second-order valence-corrected chi connectivity index (χ2v) is 9.04. The molecular weight excluding hydrogens is 314 g/mol. The van der Waals surface area contributed by atoms with Crippen molar-refractivity contribution in [1.82, 2.24) is 15.1 Å². The molecule has 2 aliphatic carbocycles. The van der Waals surface area contributed by atoms with Gasteiger partial charge < -0.3 is 19.7 Å². The van der Waals surface area contributed by atoms with Gasteiger partial charge in [-0.05, 0) is 45.2 Å². The lowest BCUT2D eigenvalue weighted by Gasteiger charge is -2.64. The lowest BCUT2D eigenvalue weighted by atomic mass is 9.46. The molecule has 3 atom stereocenters. The van der Waals surface area contributed by atoms with Gasteiger partial charge in [0, 0.05) is 56.2 Å². The highest BCUT2D eigenvalue weighted by Crippen LogP contribution is 2.62. The SMILES string of the molecule is C1CC2(C1)[C@H](NC1CCN(CCN3CCOCC3)CC1)[C@H]1CCO[C@@H]12. The zero-order chi connectivity index (χ0) is 16.7. The summed E-state index contributed by atoms with van der Waals surface area (Å²) in [4.78, 5) is 5.23. The van der Waals surface area contributed by atoms with Crippen LogP contribution in [0.15, 0.2) is 0 Å². The Hall–Kier alpha value is -0.200. The monoisotopic (exact) mass is 349 g/mol. The molecule has 0 aromatic heterocycles. The number of nitrogens with zero attached hydrogens (tertiary/aromatic N) is 2. The molecule has 142 valence electrons. The van der Waals surface area contributed by atoms with Crippen molar-refractivity contribution in [3.05, 3.63) is 0 Å². The molecule has 3 heterocycles. The fourth-order valence-electron chi connectivity index (χ4n) is 6.18. The molecule has 5 aliphatic rings. The van der Waals surface area contributed by atoms with Gasteiger partial charge in [0.15, 0.2) is 0 Å². The van der Waals surface area contributed by atoms with E-state index in [9.17, 15) is 0 Å². The minimum atomic E-state index is 0.536. The lowest BCUT2D eigenvalue weighted by Crippen LogP contribution is -2.72. The second kappa shape index (κ2) is 7.08. The van der Waals surface area contributed by atoms with Crippen molar-refractivity contribution in [3.8, 4) is 0 Å². The largest absolute Gasteiger partial charge is 0.379 e. The van der Waals surface area contributed by atoms with E-state index in [1.165, 1.54) is 64.7 Å². The zero-order valence-electron chi connectivity index (χ0n) is 15.6. The first kappa shape index (κ1) is 16.9. The van der Waals surface area contributed by atoms with E-state index in [1.807, 2.05) is 0 Å². The molecule has 2 saturated carbocycles. The number of nitrogens with one attached hydrogen (secondary N) is 1. The van der Waals surface area contributed by atoms with E-state index in [1.54, 1.807) is 0 Å². The van der Waals surface area contributed by atoms with Gasteiger partial charge in [-0.2, -0.15) is 0 Å². The Kier molecular flexibility index (Phi) is 4.80. The van der Waals surface area contributed by atoms with Crippen molar-refractivity contribution in [3.63, 3.8) is 0 Å². The molecule has 1 spiro atoms. The van der Waals surface area contributed by atoms with Gasteiger partial charge in [-0.1, -0.05) is 6.42 Å². The van der Waals surface area contributed by atoms with E-state index < -0.39 is 0 Å². The summed E-state index contributed by atoms with van der Waals surface area (Å²) >= 11 is 0. The average molecular weight is 350 g/mol. The molecule has 0 aromatic rings. The molecule has 25 heavy (non-hydrogen) atoms. The van der Waals surface area contributed by atoms with Crippen LogP contribution in [0.2, 0.25) is 0 Å². The van der Waals surface area contributed by atoms with E-state index >= 15 is 0 Å². The van der Waals surface area contributed by atoms with Crippen LogP contribution in [-0.4, -0.2) is 87.1 Å². The summed E-state index contributed by atoms with van der Waals surface area (Å²) in [6, 6.07) is 1.50. The predicted molar refractivity (Wildman–Crippen MR) is 97.8 cm³/mol. The van der Waals surface area contributed by atoms with Gasteiger partial charge in [-0.3, -0.25) is 4.90 Å². The summed E-state index contributed by atoms with van der Waals surface area (Å²) in [5.41, 5.74) is 0.536. The van der Waals surface area contributed by atoms with Crippen molar-refractivity contribution in [1.29, 1.82) is 0 Å². The number of ether oxygens (including phenoxy) is 2. The van der Waals surface area contributed by atoms with Gasteiger partial charge in [-0.25, -0.2) is 0 Å². The molecule has 5 heteroatoms. The maximum absolute atomic E-state index is 6.07. The Bertz CT molecular complexity index is 456. The summed E-state index contributed by atoms with van der Waals surface area (Å²) < 4.78 is 11.5. The third-order valence-corrected chi connectivity index (χ3v) is 7.88. The number of fused-ring (bicyclic) bond motifs is 2. The normalized spacial score (nSPS) is 39.1. The lowest BCUT2D eigenvalue weighted by molar-refractivity contribution is -0.179. The van der Waals surface area contributed by atoms with Crippen LogP contribution < -0.4 is 5.32 Å².